The number of allylic oxidation sites excluding steroid dienone is 2. The maximum Gasteiger partial charge on any atom is 0.100 e. The Bertz CT molecular complexity index is 782. The Morgan fingerprint density at radius 1 is 0.680 bits per heavy atom. The molecular weight excluding hydrogens is 319 g/mol. The van der Waals surface area contributed by atoms with Crippen molar-refractivity contribution in [2.24, 2.45) is 0 Å². The van der Waals surface area contributed by atoms with Gasteiger partial charge in [0, 0.05) is 0 Å². The summed E-state index contributed by atoms with van der Waals surface area (Å²) in [5.74, 6) is 0. The fraction of sp³-hybridized carbons (Fsp3) is 0.167. The van der Waals surface area contributed by atoms with Crippen molar-refractivity contribution < 1.29 is 0 Å². The van der Waals surface area contributed by atoms with Crippen LogP contribution >= 0.6 is 7.26 Å². The Hall–Kier alpha value is -2.17. The lowest BCUT2D eigenvalue weighted by atomic mass is 10.2. The first-order valence-corrected chi connectivity index (χ1v) is 11.1. The van der Waals surface area contributed by atoms with E-state index in [2.05, 4.69) is 103 Å². The molecule has 0 saturated heterocycles. The molecule has 0 bridgehead atoms. The van der Waals surface area contributed by atoms with E-state index in [4.69, 9.17) is 0 Å². The quantitative estimate of drug-likeness (QED) is 0.419. The van der Waals surface area contributed by atoms with Crippen molar-refractivity contribution >= 4 is 17.9 Å². The minimum absolute atomic E-state index is 0.637. The molecule has 3 aromatic rings. The maximum atomic E-state index is 2.50. The molecule has 0 heterocycles. The molecule has 4 rings (SSSR count). The highest BCUT2D eigenvalue weighted by Crippen LogP contribution is 2.65. The molecule has 1 heteroatoms. The predicted molar refractivity (Wildman–Crippen MR) is 111 cm³/mol. The van der Waals surface area contributed by atoms with Crippen LogP contribution in [0.25, 0.3) is 0 Å². The fourth-order valence-corrected chi connectivity index (χ4v) is 8.94. The van der Waals surface area contributed by atoms with E-state index in [0.29, 0.717) is 5.66 Å². The summed E-state index contributed by atoms with van der Waals surface area (Å²) in [6.07, 6.45) is 8.50. The van der Waals surface area contributed by atoms with Gasteiger partial charge in [-0.05, 0) is 48.7 Å². The van der Waals surface area contributed by atoms with E-state index >= 15 is 0 Å². The van der Waals surface area contributed by atoms with E-state index in [1.54, 1.807) is 0 Å². The van der Waals surface area contributed by atoms with E-state index in [1.807, 2.05) is 0 Å². The highest BCUT2D eigenvalue weighted by atomic mass is 31.2. The molecule has 0 spiro atoms. The molecule has 124 valence electrons. The van der Waals surface area contributed by atoms with Gasteiger partial charge in [-0.25, -0.2) is 0 Å². The second-order valence-electron chi connectivity index (χ2n) is 6.76. The van der Waals surface area contributed by atoms with Gasteiger partial charge in [0.05, 0.1) is 19.1 Å². The topological polar surface area (TPSA) is 0 Å². The lowest BCUT2D eigenvalue weighted by Gasteiger charge is -2.32. The van der Waals surface area contributed by atoms with Crippen molar-refractivity contribution in [1.29, 1.82) is 0 Å². The van der Waals surface area contributed by atoms with Crippen LogP contribution in [0.3, 0.4) is 0 Å². The molecule has 3 aromatic carbocycles. The van der Waals surface area contributed by atoms with Gasteiger partial charge < -0.3 is 0 Å². The summed E-state index contributed by atoms with van der Waals surface area (Å²) in [6.45, 7) is 0. The summed E-state index contributed by atoms with van der Waals surface area (Å²) in [4.78, 5) is 0. The number of rotatable bonds is 5. The Kier molecular flexibility index (Phi) is 4.81. The normalized spacial score (nSPS) is 16.9. The van der Waals surface area contributed by atoms with E-state index in [1.165, 1.54) is 29.0 Å². The molecule has 25 heavy (non-hydrogen) atoms. The zero-order chi connectivity index (χ0) is 17.0. The van der Waals surface area contributed by atoms with Crippen LogP contribution < -0.4 is 10.6 Å². The predicted octanol–water partition coefficient (Wildman–Crippen LogP) is 5.57. The largest absolute Gasteiger partial charge is 0.100 e. The van der Waals surface area contributed by atoms with E-state index in [-0.39, 0.29) is 0 Å². The summed E-state index contributed by atoms with van der Waals surface area (Å²) in [7, 11) is -1.56. The van der Waals surface area contributed by atoms with Crippen molar-refractivity contribution in [3.63, 3.8) is 0 Å². The first kappa shape index (κ1) is 16.3. The third-order valence-electron chi connectivity index (χ3n) is 5.26. The average Bonchev–Trinajstić information content (AvgIpc) is 3.23. The SMILES string of the molecule is C1=C[C@H]([P+](Cc2ccccc2)(c2ccccc2)c2ccccc2)CC1. The van der Waals surface area contributed by atoms with Crippen LogP contribution in [0, 0.1) is 0 Å². The number of hydrogen-bond donors (Lipinski definition) is 0. The number of hydrogen-bond acceptors (Lipinski definition) is 0. The summed E-state index contributed by atoms with van der Waals surface area (Å²) >= 11 is 0. The van der Waals surface area contributed by atoms with Gasteiger partial charge in [0.2, 0.25) is 0 Å². The van der Waals surface area contributed by atoms with Gasteiger partial charge >= 0.3 is 0 Å². The molecule has 1 aliphatic rings. The van der Waals surface area contributed by atoms with Crippen molar-refractivity contribution in [1.82, 2.24) is 0 Å². The fourth-order valence-electron chi connectivity index (χ4n) is 4.08. The first-order chi connectivity index (χ1) is 12.4. The van der Waals surface area contributed by atoms with Crippen LogP contribution in [0.4, 0.5) is 0 Å². The molecule has 0 unspecified atom stereocenters. The zero-order valence-corrected chi connectivity index (χ0v) is 15.4. The van der Waals surface area contributed by atoms with Crippen molar-refractivity contribution in [2.75, 3.05) is 0 Å². The second-order valence-corrected chi connectivity index (χ2v) is 10.5. The number of benzene rings is 3. The minimum Gasteiger partial charge on any atom is -0.0845 e. The van der Waals surface area contributed by atoms with Crippen LogP contribution in [0.5, 0.6) is 0 Å². The van der Waals surface area contributed by atoms with Crippen LogP contribution in [0.15, 0.2) is 103 Å². The molecule has 1 aliphatic carbocycles. The van der Waals surface area contributed by atoms with E-state index < -0.39 is 7.26 Å². The molecule has 0 radical (unpaired) electrons. The smallest absolute Gasteiger partial charge is 0.0845 e. The maximum absolute atomic E-state index is 2.50. The summed E-state index contributed by atoms with van der Waals surface area (Å²) in [5.41, 5.74) is 2.08. The summed E-state index contributed by atoms with van der Waals surface area (Å²) < 4.78 is 0. The molecule has 0 aliphatic heterocycles. The van der Waals surface area contributed by atoms with Gasteiger partial charge in [-0.2, -0.15) is 0 Å². The Labute approximate surface area is 151 Å². The standard InChI is InChI=1S/C24H24P/c1-4-12-21(13-5-1)20-25(24-18-10-11-19-24,22-14-6-2-7-15-22)23-16-8-3-9-17-23/h1-10,12-18,24H,11,19-20H2/q+1/t24-/m0/s1. The highest BCUT2D eigenvalue weighted by molar-refractivity contribution is 7.89. The zero-order valence-electron chi connectivity index (χ0n) is 14.5. The summed E-state index contributed by atoms with van der Waals surface area (Å²) in [6, 6.07) is 33.6. The van der Waals surface area contributed by atoms with Gasteiger partial charge in [0.25, 0.3) is 0 Å². The second kappa shape index (κ2) is 7.38. The molecule has 0 N–H and O–H groups in total. The van der Waals surface area contributed by atoms with Crippen molar-refractivity contribution in [3.8, 4) is 0 Å². The lowest BCUT2D eigenvalue weighted by molar-refractivity contribution is 0.927. The van der Waals surface area contributed by atoms with E-state index in [9.17, 15) is 0 Å². The Balaban J connectivity index is 1.92. The average molecular weight is 343 g/mol. The third-order valence-corrected chi connectivity index (χ3v) is 10.1. The highest BCUT2D eigenvalue weighted by Gasteiger charge is 2.49. The van der Waals surface area contributed by atoms with Gasteiger partial charge in [0.1, 0.15) is 10.6 Å². The lowest BCUT2D eigenvalue weighted by Crippen LogP contribution is -2.31. The van der Waals surface area contributed by atoms with E-state index in [0.717, 1.165) is 6.16 Å². The molecule has 0 aromatic heterocycles. The third kappa shape index (κ3) is 3.20. The molecule has 0 nitrogen and oxygen atoms in total. The molecule has 0 saturated carbocycles. The van der Waals surface area contributed by atoms with Crippen LogP contribution in [-0.2, 0) is 6.16 Å². The Morgan fingerprint density at radius 2 is 1.20 bits per heavy atom. The van der Waals surface area contributed by atoms with Gasteiger partial charge in [-0.1, -0.05) is 72.8 Å². The van der Waals surface area contributed by atoms with Gasteiger partial charge in [0.15, 0.2) is 0 Å². The molecule has 0 fully saturated rings. The van der Waals surface area contributed by atoms with Crippen LogP contribution in [0.1, 0.15) is 18.4 Å². The molecule has 1 atom stereocenters. The molecule has 0 amide bonds. The van der Waals surface area contributed by atoms with Crippen LogP contribution in [0.2, 0.25) is 0 Å². The van der Waals surface area contributed by atoms with Gasteiger partial charge in [-0.15, -0.1) is 0 Å². The van der Waals surface area contributed by atoms with Gasteiger partial charge in [-0.3, -0.25) is 0 Å². The van der Waals surface area contributed by atoms with Crippen molar-refractivity contribution in [2.45, 2.75) is 24.7 Å². The first-order valence-electron chi connectivity index (χ1n) is 9.09. The van der Waals surface area contributed by atoms with Crippen molar-refractivity contribution in [3.05, 3.63) is 109 Å². The Morgan fingerprint density at radius 3 is 1.68 bits per heavy atom. The molecular formula is C24H24P+. The minimum atomic E-state index is -1.56. The monoisotopic (exact) mass is 343 g/mol. The summed E-state index contributed by atoms with van der Waals surface area (Å²) in [5, 5.41) is 3.06. The van der Waals surface area contributed by atoms with Crippen LogP contribution in [-0.4, -0.2) is 5.66 Å².